The summed E-state index contributed by atoms with van der Waals surface area (Å²) in [6.07, 6.45) is -1.26. The molecule has 1 saturated heterocycles. The fraction of sp³-hybridized carbons (Fsp3) is 0.833. The van der Waals surface area contributed by atoms with Crippen LogP contribution < -0.4 is 0 Å². The molecular formula is C6H9NO2S2. The number of fused-ring (bicyclic) bond motifs is 1. The molecule has 0 aliphatic carbocycles. The maximum absolute atomic E-state index is 9.46. The van der Waals surface area contributed by atoms with Crippen LogP contribution >= 0.6 is 23.5 Å². The summed E-state index contributed by atoms with van der Waals surface area (Å²) in [7, 11) is 0. The van der Waals surface area contributed by atoms with Crippen molar-refractivity contribution in [3.05, 3.63) is 0 Å². The van der Waals surface area contributed by atoms with Crippen LogP contribution in [0.2, 0.25) is 0 Å². The molecule has 11 heavy (non-hydrogen) atoms. The molecule has 2 heterocycles. The number of aliphatic hydroxyl groups is 2. The minimum absolute atomic E-state index is 0.0891. The highest BCUT2D eigenvalue weighted by Crippen LogP contribution is 2.38. The van der Waals surface area contributed by atoms with Gasteiger partial charge in [-0.3, -0.25) is 4.99 Å². The van der Waals surface area contributed by atoms with Gasteiger partial charge in [0, 0.05) is 5.75 Å². The summed E-state index contributed by atoms with van der Waals surface area (Å²) < 4.78 is 0.327. The van der Waals surface area contributed by atoms with Crippen LogP contribution in [0.25, 0.3) is 0 Å². The standard InChI is InChI=1S/C6H9NO2S2/c8-3-1-10-6-4(5(3)9)7-2-11-6/h2-6,8-9H,1H2. The number of hydrogen-bond donors (Lipinski definition) is 2. The molecule has 2 N–H and O–H groups in total. The smallest absolute Gasteiger partial charge is 0.105 e. The second kappa shape index (κ2) is 2.97. The molecule has 3 nitrogen and oxygen atoms in total. The summed E-state index contributed by atoms with van der Waals surface area (Å²) in [5.74, 6) is 0.624. The average molecular weight is 191 g/mol. The summed E-state index contributed by atoms with van der Waals surface area (Å²) in [6, 6.07) is -0.0891. The molecule has 0 amide bonds. The molecule has 4 unspecified atom stereocenters. The summed E-state index contributed by atoms with van der Waals surface area (Å²) in [6.45, 7) is 0. The van der Waals surface area contributed by atoms with Crippen molar-refractivity contribution in [1.82, 2.24) is 0 Å². The Morgan fingerprint density at radius 1 is 1.45 bits per heavy atom. The lowest BCUT2D eigenvalue weighted by Gasteiger charge is -2.31. The number of nitrogens with zero attached hydrogens (tertiary/aromatic N) is 1. The number of aliphatic imine (C=N–C) groups is 1. The van der Waals surface area contributed by atoms with E-state index in [1.807, 2.05) is 0 Å². The van der Waals surface area contributed by atoms with E-state index in [1.54, 1.807) is 29.1 Å². The largest absolute Gasteiger partial charge is 0.389 e. The molecule has 0 aromatic carbocycles. The van der Waals surface area contributed by atoms with Crippen molar-refractivity contribution in [1.29, 1.82) is 0 Å². The van der Waals surface area contributed by atoms with E-state index in [-0.39, 0.29) is 6.04 Å². The molecule has 62 valence electrons. The van der Waals surface area contributed by atoms with Crippen LogP contribution in [0.3, 0.4) is 0 Å². The van der Waals surface area contributed by atoms with Gasteiger partial charge in [-0.25, -0.2) is 0 Å². The molecule has 5 heteroatoms. The van der Waals surface area contributed by atoms with E-state index in [4.69, 9.17) is 0 Å². The molecule has 0 aromatic rings. The monoisotopic (exact) mass is 191 g/mol. The van der Waals surface area contributed by atoms with Crippen molar-refractivity contribution in [3.8, 4) is 0 Å². The van der Waals surface area contributed by atoms with Crippen LogP contribution in [0.5, 0.6) is 0 Å². The van der Waals surface area contributed by atoms with Crippen molar-refractivity contribution in [3.63, 3.8) is 0 Å². The number of hydrogen-bond acceptors (Lipinski definition) is 5. The maximum Gasteiger partial charge on any atom is 0.105 e. The minimum atomic E-state index is -0.660. The van der Waals surface area contributed by atoms with Gasteiger partial charge in [0.25, 0.3) is 0 Å². The Morgan fingerprint density at radius 2 is 2.27 bits per heavy atom. The first-order chi connectivity index (χ1) is 5.29. The molecule has 0 spiro atoms. The predicted molar refractivity (Wildman–Crippen MR) is 48.1 cm³/mol. The van der Waals surface area contributed by atoms with Crippen molar-refractivity contribution < 1.29 is 10.2 Å². The van der Waals surface area contributed by atoms with Crippen LogP contribution in [-0.2, 0) is 0 Å². The molecule has 2 rings (SSSR count). The number of aliphatic hydroxyl groups excluding tert-OH is 2. The van der Waals surface area contributed by atoms with E-state index in [1.165, 1.54) is 0 Å². The van der Waals surface area contributed by atoms with Gasteiger partial charge in [-0.2, -0.15) is 0 Å². The highest BCUT2D eigenvalue weighted by Gasteiger charge is 2.40. The van der Waals surface area contributed by atoms with Crippen molar-refractivity contribution in [2.75, 3.05) is 5.75 Å². The zero-order chi connectivity index (χ0) is 7.84. The summed E-state index contributed by atoms with van der Waals surface area (Å²) in [4.78, 5) is 4.10. The van der Waals surface area contributed by atoms with Gasteiger partial charge in [0.2, 0.25) is 0 Å². The third kappa shape index (κ3) is 1.30. The third-order valence-electron chi connectivity index (χ3n) is 1.88. The fourth-order valence-corrected chi connectivity index (χ4v) is 3.66. The van der Waals surface area contributed by atoms with Crippen molar-refractivity contribution >= 4 is 29.1 Å². The Hall–Kier alpha value is 0.290. The predicted octanol–water partition coefficient (Wildman–Crippen LogP) is -0.0752. The lowest BCUT2D eigenvalue weighted by Crippen LogP contribution is -2.45. The Bertz CT molecular complexity index is 187. The highest BCUT2D eigenvalue weighted by molar-refractivity contribution is 8.24. The molecule has 0 aromatic heterocycles. The second-order valence-corrected chi connectivity index (χ2v) is 5.10. The van der Waals surface area contributed by atoms with Crippen LogP contribution in [0.15, 0.2) is 4.99 Å². The number of rotatable bonds is 0. The molecule has 0 saturated carbocycles. The van der Waals surface area contributed by atoms with E-state index in [0.29, 0.717) is 10.3 Å². The van der Waals surface area contributed by atoms with Crippen LogP contribution in [0.1, 0.15) is 0 Å². The van der Waals surface area contributed by atoms with Gasteiger partial charge < -0.3 is 10.2 Å². The molecule has 1 fully saturated rings. The topological polar surface area (TPSA) is 52.8 Å². The van der Waals surface area contributed by atoms with Gasteiger partial charge in [-0.15, -0.1) is 11.8 Å². The van der Waals surface area contributed by atoms with Crippen LogP contribution in [0.4, 0.5) is 0 Å². The van der Waals surface area contributed by atoms with Crippen molar-refractivity contribution in [2.45, 2.75) is 22.8 Å². The quantitative estimate of drug-likeness (QED) is 0.562. The van der Waals surface area contributed by atoms with Crippen LogP contribution in [-0.4, -0.2) is 44.3 Å². The average Bonchev–Trinajstić information content (AvgIpc) is 2.45. The lowest BCUT2D eigenvalue weighted by atomic mass is 10.1. The van der Waals surface area contributed by atoms with E-state index in [2.05, 4.69) is 4.99 Å². The third-order valence-corrected chi connectivity index (χ3v) is 4.56. The van der Waals surface area contributed by atoms with E-state index in [9.17, 15) is 10.2 Å². The second-order valence-electron chi connectivity index (χ2n) is 2.64. The molecule has 2 aliphatic rings. The van der Waals surface area contributed by atoms with Gasteiger partial charge in [-0.05, 0) is 0 Å². The Labute approximate surface area is 73.3 Å². The normalized spacial score (nSPS) is 49.3. The summed E-state index contributed by atoms with van der Waals surface area (Å²) in [5, 5.41) is 18.7. The molecule has 2 aliphatic heterocycles. The van der Waals surface area contributed by atoms with Gasteiger partial charge in [0.15, 0.2) is 0 Å². The van der Waals surface area contributed by atoms with E-state index < -0.39 is 12.2 Å². The fourth-order valence-electron chi connectivity index (χ4n) is 1.22. The zero-order valence-corrected chi connectivity index (χ0v) is 7.38. The summed E-state index contributed by atoms with van der Waals surface area (Å²) >= 11 is 3.31. The first-order valence-electron chi connectivity index (χ1n) is 3.44. The first-order valence-corrected chi connectivity index (χ1v) is 5.43. The first kappa shape index (κ1) is 7.91. The Balaban J connectivity index is 2.11. The lowest BCUT2D eigenvalue weighted by molar-refractivity contribution is 0.0184. The Morgan fingerprint density at radius 3 is 3.09 bits per heavy atom. The maximum atomic E-state index is 9.46. The van der Waals surface area contributed by atoms with Gasteiger partial charge in [0.1, 0.15) is 12.1 Å². The van der Waals surface area contributed by atoms with E-state index >= 15 is 0 Å². The molecule has 4 atom stereocenters. The van der Waals surface area contributed by atoms with Crippen molar-refractivity contribution in [2.24, 2.45) is 4.99 Å². The van der Waals surface area contributed by atoms with Gasteiger partial charge >= 0.3 is 0 Å². The van der Waals surface area contributed by atoms with Gasteiger partial charge in [0.05, 0.1) is 16.2 Å². The van der Waals surface area contributed by atoms with Gasteiger partial charge in [-0.1, -0.05) is 11.8 Å². The number of thioether (sulfide) groups is 2. The summed E-state index contributed by atoms with van der Waals surface area (Å²) in [5.41, 5.74) is 1.77. The Kier molecular flexibility index (Phi) is 2.14. The SMILES string of the molecule is OC1CSC2SC=NC2C1O. The van der Waals surface area contributed by atoms with E-state index in [0.717, 1.165) is 0 Å². The molecule has 0 bridgehead atoms. The molecular weight excluding hydrogens is 182 g/mol. The van der Waals surface area contributed by atoms with Crippen LogP contribution in [0, 0.1) is 0 Å². The zero-order valence-electron chi connectivity index (χ0n) is 5.75. The molecule has 0 radical (unpaired) electrons. The minimum Gasteiger partial charge on any atom is -0.389 e. The highest BCUT2D eigenvalue weighted by atomic mass is 32.2.